The number of hydrogen-bond acceptors (Lipinski definition) is 4. The highest BCUT2D eigenvalue weighted by Gasteiger charge is 2.34. The summed E-state index contributed by atoms with van der Waals surface area (Å²) in [6.45, 7) is 0. The number of rotatable bonds is 5. The van der Waals surface area contributed by atoms with Crippen LogP contribution in [0.15, 0.2) is 69.9 Å². The van der Waals surface area contributed by atoms with E-state index in [1.54, 1.807) is 36.4 Å². The van der Waals surface area contributed by atoms with Crippen LogP contribution in [0.4, 0.5) is 18.9 Å². The molecule has 3 aromatic carbocycles. The predicted octanol–water partition coefficient (Wildman–Crippen LogP) is 7.03. The normalized spacial score (nSPS) is 11.3. The second-order valence-electron chi connectivity index (χ2n) is 7.80. The fourth-order valence-corrected chi connectivity index (χ4v) is 4.23. The van der Waals surface area contributed by atoms with E-state index in [1.165, 1.54) is 12.1 Å². The molecule has 0 fully saturated rings. The molecule has 0 aliphatic carbocycles. The molecule has 10 heteroatoms. The Morgan fingerprint density at radius 3 is 2.44 bits per heavy atom. The number of hydrogen-bond donors (Lipinski definition) is 1. The highest BCUT2D eigenvalue weighted by atomic mass is 35.5. The highest BCUT2D eigenvalue weighted by Crippen LogP contribution is 2.37. The molecule has 0 atom stereocenters. The third-order valence-electron chi connectivity index (χ3n) is 5.40. The molecule has 36 heavy (non-hydrogen) atoms. The van der Waals surface area contributed by atoms with Crippen molar-refractivity contribution in [3.8, 4) is 17.2 Å². The molecule has 0 saturated carbocycles. The molecular formula is C26H15Cl2F3N2O3. The number of fused-ring (bicyclic) bond motifs is 1. The Morgan fingerprint density at radius 1 is 1.06 bits per heavy atom. The lowest BCUT2D eigenvalue weighted by Crippen LogP contribution is -2.22. The number of nitrogens with zero attached hydrogens (tertiary/aromatic N) is 1. The molecule has 0 aliphatic rings. The number of amides is 1. The first-order chi connectivity index (χ1) is 17.1. The van der Waals surface area contributed by atoms with Crippen LogP contribution in [0.5, 0.6) is 0 Å². The molecule has 0 unspecified atom stereocenters. The lowest BCUT2D eigenvalue weighted by Gasteiger charge is -2.16. The van der Waals surface area contributed by atoms with Crippen LogP contribution in [0.3, 0.4) is 0 Å². The van der Waals surface area contributed by atoms with Crippen molar-refractivity contribution < 1.29 is 22.4 Å². The average Bonchev–Trinajstić information content (AvgIpc) is 2.82. The first-order valence-corrected chi connectivity index (χ1v) is 11.2. The molecule has 1 heterocycles. The van der Waals surface area contributed by atoms with Gasteiger partial charge in [0, 0.05) is 27.1 Å². The summed E-state index contributed by atoms with van der Waals surface area (Å²) < 4.78 is 45.8. The summed E-state index contributed by atoms with van der Waals surface area (Å²) in [5, 5.41) is 11.9. The molecule has 0 aliphatic heterocycles. The van der Waals surface area contributed by atoms with E-state index >= 15 is 0 Å². The Labute approximate surface area is 212 Å². The lowest BCUT2D eigenvalue weighted by molar-refractivity contribution is -0.137. The van der Waals surface area contributed by atoms with Gasteiger partial charge in [-0.1, -0.05) is 53.5 Å². The Morgan fingerprint density at radius 2 is 1.78 bits per heavy atom. The van der Waals surface area contributed by atoms with Gasteiger partial charge >= 0.3 is 11.8 Å². The van der Waals surface area contributed by atoms with Crippen molar-refractivity contribution in [1.29, 1.82) is 5.26 Å². The largest absolute Gasteiger partial charge is 0.422 e. The van der Waals surface area contributed by atoms with E-state index in [2.05, 4.69) is 5.32 Å². The van der Waals surface area contributed by atoms with Crippen LogP contribution in [0, 0.1) is 11.3 Å². The summed E-state index contributed by atoms with van der Waals surface area (Å²) >= 11 is 11.9. The van der Waals surface area contributed by atoms with Crippen LogP contribution < -0.4 is 10.9 Å². The summed E-state index contributed by atoms with van der Waals surface area (Å²) in [7, 11) is 0. The number of nitriles is 1. The van der Waals surface area contributed by atoms with E-state index in [0.717, 1.165) is 6.07 Å². The molecule has 0 saturated heterocycles. The minimum atomic E-state index is -4.76. The van der Waals surface area contributed by atoms with Gasteiger partial charge in [0.25, 0.3) is 0 Å². The predicted molar refractivity (Wildman–Crippen MR) is 131 cm³/mol. The summed E-state index contributed by atoms with van der Waals surface area (Å²) in [5.41, 5.74) is -0.937. The van der Waals surface area contributed by atoms with Gasteiger partial charge in [-0.2, -0.15) is 18.4 Å². The molecule has 5 nitrogen and oxygen atoms in total. The summed E-state index contributed by atoms with van der Waals surface area (Å²) in [6.07, 6.45) is -5.34. The van der Waals surface area contributed by atoms with Crippen molar-refractivity contribution in [1.82, 2.24) is 0 Å². The third-order valence-corrected chi connectivity index (χ3v) is 5.99. The van der Waals surface area contributed by atoms with E-state index in [4.69, 9.17) is 32.9 Å². The zero-order valence-corrected chi connectivity index (χ0v) is 19.8. The van der Waals surface area contributed by atoms with Crippen molar-refractivity contribution >= 4 is 45.8 Å². The number of benzene rings is 3. The maximum absolute atomic E-state index is 13.5. The van der Waals surface area contributed by atoms with Gasteiger partial charge < -0.3 is 9.73 Å². The zero-order chi connectivity index (χ0) is 26.0. The number of anilines is 1. The van der Waals surface area contributed by atoms with Gasteiger partial charge in [-0.15, -0.1) is 0 Å². The van der Waals surface area contributed by atoms with E-state index in [1.807, 2.05) is 6.07 Å². The van der Waals surface area contributed by atoms with Gasteiger partial charge in [0.15, 0.2) is 0 Å². The molecule has 0 radical (unpaired) electrons. The standard InChI is InChI=1S/C26H15Cl2F3N2O3/c27-16-6-7-21(19(11-16)26(29,30)31)33-23(34)12-18-24(14-4-2-1-3-5-14)17-10-15(8-9-32)20(28)13-22(17)36-25(18)35/h1-7,10-11,13H,8,12H2,(H,33,34). The maximum atomic E-state index is 13.5. The quantitative estimate of drug-likeness (QED) is 0.280. The molecule has 4 aromatic rings. The minimum Gasteiger partial charge on any atom is -0.422 e. The van der Waals surface area contributed by atoms with Crippen molar-refractivity contribution in [2.75, 3.05) is 5.32 Å². The van der Waals surface area contributed by atoms with Crippen molar-refractivity contribution in [3.05, 3.63) is 97.8 Å². The van der Waals surface area contributed by atoms with Crippen LogP contribution in [-0.2, 0) is 23.8 Å². The molecule has 0 bridgehead atoms. The van der Waals surface area contributed by atoms with Crippen LogP contribution in [0.25, 0.3) is 22.1 Å². The van der Waals surface area contributed by atoms with Gasteiger partial charge in [-0.05, 0) is 35.4 Å². The van der Waals surface area contributed by atoms with Gasteiger partial charge in [0.05, 0.1) is 35.7 Å². The smallest absolute Gasteiger partial charge is 0.418 e. The van der Waals surface area contributed by atoms with Crippen molar-refractivity contribution in [2.45, 2.75) is 19.0 Å². The van der Waals surface area contributed by atoms with E-state index in [9.17, 15) is 22.8 Å². The monoisotopic (exact) mass is 530 g/mol. The molecule has 4 rings (SSSR count). The van der Waals surface area contributed by atoms with Crippen LogP contribution in [0.1, 0.15) is 16.7 Å². The summed E-state index contributed by atoms with van der Waals surface area (Å²) in [4.78, 5) is 25.9. The molecular weight excluding hydrogens is 516 g/mol. The molecule has 1 aromatic heterocycles. The molecule has 1 N–H and O–H groups in total. The molecule has 182 valence electrons. The Hall–Kier alpha value is -3.80. The van der Waals surface area contributed by atoms with Crippen molar-refractivity contribution in [3.63, 3.8) is 0 Å². The van der Waals surface area contributed by atoms with E-state index in [-0.39, 0.29) is 27.6 Å². The Kier molecular flexibility index (Phi) is 7.07. The van der Waals surface area contributed by atoms with Gasteiger partial charge in [0.2, 0.25) is 5.91 Å². The fraction of sp³-hybridized carbons (Fsp3) is 0.115. The van der Waals surface area contributed by atoms with Crippen molar-refractivity contribution in [2.24, 2.45) is 0 Å². The average molecular weight is 531 g/mol. The number of alkyl halides is 3. The van der Waals surface area contributed by atoms with Crippen LogP contribution >= 0.6 is 23.2 Å². The van der Waals surface area contributed by atoms with Crippen LogP contribution in [0.2, 0.25) is 10.0 Å². The first-order valence-electron chi connectivity index (χ1n) is 10.5. The number of carbonyl (C=O) groups excluding carboxylic acids is 1. The topological polar surface area (TPSA) is 83.1 Å². The summed E-state index contributed by atoms with van der Waals surface area (Å²) in [5.74, 6) is -0.863. The Balaban J connectivity index is 1.84. The third kappa shape index (κ3) is 5.23. The molecule has 0 spiro atoms. The lowest BCUT2D eigenvalue weighted by atomic mass is 9.94. The van der Waals surface area contributed by atoms with Gasteiger partial charge in [-0.3, -0.25) is 4.79 Å². The molecule has 1 amide bonds. The maximum Gasteiger partial charge on any atom is 0.418 e. The zero-order valence-electron chi connectivity index (χ0n) is 18.2. The highest BCUT2D eigenvalue weighted by molar-refractivity contribution is 6.32. The number of nitrogens with one attached hydrogen (secondary N) is 1. The minimum absolute atomic E-state index is 0.00522. The van der Waals surface area contributed by atoms with Gasteiger partial charge in [0.1, 0.15) is 5.58 Å². The van der Waals surface area contributed by atoms with Crippen LogP contribution in [-0.4, -0.2) is 5.91 Å². The van der Waals surface area contributed by atoms with E-state index < -0.39 is 35.4 Å². The van der Waals surface area contributed by atoms with E-state index in [0.29, 0.717) is 28.1 Å². The number of carbonyl (C=O) groups is 1. The summed E-state index contributed by atoms with van der Waals surface area (Å²) in [6, 6.07) is 16.7. The SMILES string of the molecule is N#CCc1cc2c(-c3ccccc3)c(CC(=O)Nc3ccc(Cl)cc3C(F)(F)F)c(=O)oc2cc1Cl. The number of halogens is 5. The fourth-order valence-electron chi connectivity index (χ4n) is 3.84. The first kappa shape index (κ1) is 25.3. The Bertz CT molecular complexity index is 1580. The second-order valence-corrected chi connectivity index (χ2v) is 8.64. The van der Waals surface area contributed by atoms with Gasteiger partial charge in [-0.25, -0.2) is 4.79 Å². The second kappa shape index (κ2) is 10.1.